The van der Waals surface area contributed by atoms with Crippen molar-refractivity contribution in [3.8, 4) is 0 Å². The summed E-state index contributed by atoms with van der Waals surface area (Å²) in [6.07, 6.45) is 11.3. The first kappa shape index (κ1) is 31.9. The van der Waals surface area contributed by atoms with Crippen molar-refractivity contribution in [1.82, 2.24) is 0 Å². The molecule has 0 unspecified atom stereocenters. The van der Waals surface area contributed by atoms with Crippen molar-refractivity contribution in [2.24, 2.45) is 0 Å². The van der Waals surface area contributed by atoms with Crippen LogP contribution in [0.1, 0.15) is 38.8 Å². The van der Waals surface area contributed by atoms with E-state index in [4.69, 9.17) is 11.6 Å². The average molecular weight is 671 g/mol. The summed E-state index contributed by atoms with van der Waals surface area (Å²) in [5.74, 6) is -0.0387. The number of carbonyl (C=O) groups is 2. The lowest BCUT2D eigenvalue weighted by Gasteiger charge is -2.30. The van der Waals surface area contributed by atoms with Crippen LogP contribution in [0.2, 0.25) is 5.02 Å². The summed E-state index contributed by atoms with van der Waals surface area (Å²) < 4.78 is 2.15. The number of nitrogens with zero attached hydrogens (tertiary/aromatic N) is 3. The maximum Gasteiger partial charge on any atom is 0.297 e. The molecule has 1 amide bonds. The van der Waals surface area contributed by atoms with Crippen LogP contribution >= 0.6 is 23.4 Å². The van der Waals surface area contributed by atoms with Gasteiger partial charge in [-0.05, 0) is 61.9 Å². The minimum Gasteiger partial charge on any atom is -0.337 e. The number of halogens is 1. The molecule has 48 heavy (non-hydrogen) atoms. The third-order valence-electron chi connectivity index (χ3n) is 9.62. The number of para-hydroxylation sites is 3. The molecule has 7 rings (SSSR count). The van der Waals surface area contributed by atoms with Gasteiger partial charge in [-0.25, -0.2) is 0 Å². The van der Waals surface area contributed by atoms with E-state index in [0.717, 1.165) is 50.2 Å². The molecule has 3 heterocycles. The minimum absolute atomic E-state index is 0.0387. The van der Waals surface area contributed by atoms with Crippen molar-refractivity contribution in [2.75, 3.05) is 22.9 Å². The van der Waals surface area contributed by atoms with E-state index in [-0.39, 0.29) is 23.3 Å². The first-order valence-electron chi connectivity index (χ1n) is 16.1. The van der Waals surface area contributed by atoms with E-state index in [1.807, 2.05) is 77.7 Å². The minimum atomic E-state index is -0.327. The predicted molar refractivity (Wildman–Crippen MR) is 198 cm³/mol. The zero-order chi connectivity index (χ0) is 33.6. The molecule has 0 spiro atoms. The molecule has 0 atom stereocenters. The van der Waals surface area contributed by atoms with Crippen LogP contribution < -0.4 is 9.80 Å². The Hall–Kier alpha value is -4.65. The molecule has 4 aromatic carbocycles. The number of rotatable bonds is 7. The topological polar surface area (TPSA) is 43.6 Å². The number of allylic oxidation sites excluding steroid dienone is 6. The lowest BCUT2D eigenvalue weighted by molar-refractivity contribution is -0.424. The molecule has 0 fully saturated rings. The summed E-state index contributed by atoms with van der Waals surface area (Å²) in [5, 5.41) is 0.593. The molecule has 0 saturated carbocycles. The number of amides is 1. The average Bonchev–Trinajstić information content (AvgIpc) is 3.42. The monoisotopic (exact) mass is 670 g/mol. The van der Waals surface area contributed by atoms with Crippen LogP contribution in [0.15, 0.2) is 137 Å². The summed E-state index contributed by atoms with van der Waals surface area (Å²) in [6.45, 7) is 9.27. The number of fused-ring (bicyclic) bond motifs is 4. The van der Waals surface area contributed by atoms with E-state index in [0.29, 0.717) is 11.6 Å². The van der Waals surface area contributed by atoms with Crippen molar-refractivity contribution in [3.63, 3.8) is 0 Å². The van der Waals surface area contributed by atoms with E-state index < -0.39 is 0 Å². The van der Waals surface area contributed by atoms with Gasteiger partial charge in [0.15, 0.2) is 5.71 Å². The highest BCUT2D eigenvalue weighted by atomic mass is 35.5. The lowest BCUT2D eigenvalue weighted by atomic mass is 9.81. The Labute approximate surface area is 291 Å². The van der Waals surface area contributed by atoms with Crippen molar-refractivity contribution in [2.45, 2.75) is 48.3 Å². The molecule has 0 N–H and O–H groups in total. The molecule has 7 heteroatoms. The largest absolute Gasteiger partial charge is 0.337 e. The van der Waals surface area contributed by atoms with Crippen LogP contribution in [-0.2, 0) is 20.4 Å². The molecule has 3 aliphatic heterocycles. The molecule has 0 radical (unpaired) electrons. The second-order valence-electron chi connectivity index (χ2n) is 13.2. The van der Waals surface area contributed by atoms with E-state index in [2.05, 4.69) is 85.7 Å². The van der Waals surface area contributed by atoms with E-state index in [1.165, 1.54) is 11.1 Å². The normalized spacial score (nSPS) is 18.0. The maximum absolute atomic E-state index is 14.5. The third kappa shape index (κ3) is 5.33. The van der Waals surface area contributed by atoms with E-state index in [9.17, 15) is 9.59 Å². The Balaban J connectivity index is 1.23. The quantitative estimate of drug-likeness (QED) is 0.112. The first-order chi connectivity index (χ1) is 23.1. The standard InChI is InChI=1S/C41H37ClN3O2S/c1-40(2)29-14-8-10-16-31(29)43(24-25-46)37(40)20-6-5-7-21-38-41(3,4)30-15-9-11-17-32(30)44(38)27-39(47)45-33-18-12-13-19-35(33)48-36-23-22-28(42)26-34(36)45/h5-23,25-26H,24,27H2,1-4H3/q+1. The van der Waals surface area contributed by atoms with Crippen LogP contribution in [0.25, 0.3) is 0 Å². The van der Waals surface area contributed by atoms with Gasteiger partial charge in [0.25, 0.3) is 5.91 Å². The second-order valence-corrected chi connectivity index (χ2v) is 14.8. The highest BCUT2D eigenvalue weighted by Crippen LogP contribution is 2.50. The summed E-state index contributed by atoms with van der Waals surface area (Å²) in [6, 6.07) is 30.4. The molecule has 0 aliphatic carbocycles. The fraction of sp³-hybridized carbons (Fsp3) is 0.195. The fourth-order valence-electron chi connectivity index (χ4n) is 7.28. The molecule has 5 nitrogen and oxygen atoms in total. The molecule has 0 bridgehead atoms. The molecular formula is C41H37ClN3O2S+. The van der Waals surface area contributed by atoms with Gasteiger partial charge in [-0.15, -0.1) is 0 Å². The number of aldehydes is 1. The Morgan fingerprint density at radius 2 is 1.48 bits per heavy atom. The van der Waals surface area contributed by atoms with Gasteiger partial charge < -0.3 is 9.69 Å². The molecule has 0 aromatic heterocycles. The van der Waals surface area contributed by atoms with Gasteiger partial charge in [-0.3, -0.25) is 9.69 Å². The van der Waals surface area contributed by atoms with Gasteiger partial charge in [0.2, 0.25) is 12.2 Å². The predicted octanol–water partition coefficient (Wildman–Crippen LogP) is 9.54. The summed E-state index contributed by atoms with van der Waals surface area (Å²) in [4.78, 5) is 32.0. The Morgan fingerprint density at radius 1 is 0.792 bits per heavy atom. The molecule has 240 valence electrons. The number of anilines is 3. The fourth-order valence-corrected chi connectivity index (χ4v) is 8.49. The highest BCUT2D eigenvalue weighted by Gasteiger charge is 2.45. The second kappa shape index (κ2) is 12.4. The smallest absolute Gasteiger partial charge is 0.297 e. The SMILES string of the molecule is CC1(C)C(=CC=CC=CC2=[N+](CC(=O)N3c4ccccc4Sc4ccc(Cl)cc43)c3ccccc3C2(C)C)N(CC=O)c2ccccc21. The zero-order valence-corrected chi connectivity index (χ0v) is 29.1. The van der Waals surface area contributed by atoms with Crippen molar-refractivity contribution >= 4 is 64.0 Å². The zero-order valence-electron chi connectivity index (χ0n) is 27.5. The number of carbonyl (C=O) groups excluding carboxylic acids is 2. The molecular weight excluding hydrogens is 634 g/mol. The van der Waals surface area contributed by atoms with E-state index >= 15 is 0 Å². The Bertz CT molecular complexity index is 2090. The van der Waals surface area contributed by atoms with E-state index in [1.54, 1.807) is 11.8 Å². The van der Waals surface area contributed by atoms with Crippen LogP contribution in [-0.4, -0.2) is 35.6 Å². The van der Waals surface area contributed by atoms with Crippen LogP contribution in [0.5, 0.6) is 0 Å². The van der Waals surface area contributed by atoms with Gasteiger partial charge in [0.05, 0.1) is 23.3 Å². The Kier molecular flexibility index (Phi) is 8.26. The number of benzene rings is 4. The lowest BCUT2D eigenvalue weighted by Crippen LogP contribution is -2.36. The first-order valence-corrected chi connectivity index (χ1v) is 17.3. The van der Waals surface area contributed by atoms with Crippen molar-refractivity contribution < 1.29 is 14.2 Å². The van der Waals surface area contributed by atoms with Gasteiger partial charge in [0.1, 0.15) is 6.29 Å². The van der Waals surface area contributed by atoms with Crippen LogP contribution in [0, 0.1) is 0 Å². The van der Waals surface area contributed by atoms with Crippen molar-refractivity contribution in [1.29, 1.82) is 0 Å². The van der Waals surface area contributed by atoms with Crippen LogP contribution in [0.3, 0.4) is 0 Å². The van der Waals surface area contributed by atoms with Gasteiger partial charge in [-0.1, -0.05) is 104 Å². The number of hydrogen-bond acceptors (Lipinski definition) is 4. The van der Waals surface area contributed by atoms with Crippen LogP contribution in [0.4, 0.5) is 22.7 Å². The van der Waals surface area contributed by atoms with Gasteiger partial charge >= 0.3 is 0 Å². The van der Waals surface area contributed by atoms with Gasteiger partial charge in [0, 0.05) is 49.3 Å². The summed E-state index contributed by atoms with van der Waals surface area (Å²) >= 11 is 8.11. The molecule has 3 aliphatic rings. The maximum atomic E-state index is 14.5. The summed E-state index contributed by atoms with van der Waals surface area (Å²) in [5.41, 5.74) is 7.72. The Morgan fingerprint density at radius 3 is 2.27 bits per heavy atom. The van der Waals surface area contributed by atoms with Gasteiger partial charge in [-0.2, -0.15) is 4.58 Å². The number of hydrogen-bond donors (Lipinski definition) is 0. The van der Waals surface area contributed by atoms with Crippen molar-refractivity contribution in [3.05, 3.63) is 143 Å². The highest BCUT2D eigenvalue weighted by molar-refractivity contribution is 7.99. The third-order valence-corrected chi connectivity index (χ3v) is 11.0. The molecule has 4 aromatic rings. The molecule has 0 saturated heterocycles. The summed E-state index contributed by atoms with van der Waals surface area (Å²) in [7, 11) is 0.